The number of aliphatic imine (C=N–C) groups is 6. The van der Waals surface area contributed by atoms with E-state index in [1.165, 1.54) is 37.2 Å². The van der Waals surface area contributed by atoms with Crippen LogP contribution in [0.25, 0.3) is 0 Å². The van der Waals surface area contributed by atoms with E-state index in [0.717, 1.165) is 0 Å². The Labute approximate surface area is 204 Å². The second-order valence-electron chi connectivity index (χ2n) is 2.05. The van der Waals surface area contributed by atoms with E-state index in [2.05, 4.69) is 64.4 Å². The molecule has 12 N–H and O–H groups in total. The second kappa shape index (κ2) is 97.0. The van der Waals surface area contributed by atoms with Gasteiger partial charge in [-0.2, -0.15) is 0 Å². The van der Waals surface area contributed by atoms with Gasteiger partial charge in [0.2, 0.25) is 0 Å². The zero-order valence-corrected chi connectivity index (χ0v) is 17.4. The molecule has 0 aromatic rings. The van der Waals surface area contributed by atoms with Crippen LogP contribution in [0.5, 0.6) is 0 Å². The summed E-state index contributed by atoms with van der Waals surface area (Å²) in [6.07, 6.45) is 19.1. The van der Waals surface area contributed by atoms with E-state index in [4.69, 9.17) is 31.6 Å². The molecule has 32 heavy (non-hydrogen) atoms. The van der Waals surface area contributed by atoms with Crippen molar-refractivity contribution in [1.82, 2.24) is 0 Å². The first-order valence-electron chi connectivity index (χ1n) is 5.76. The molecule has 0 saturated carbocycles. The van der Waals surface area contributed by atoms with E-state index >= 15 is 0 Å². The fraction of sp³-hybridized carbons (Fsp3) is 0. The number of nitrogens with two attached hydrogens (primary N) is 6. The molecule has 0 atom stereocenters. The first-order valence-corrected chi connectivity index (χ1v) is 5.76. The molecule has 0 aliphatic carbocycles. The number of hydrogen-bond acceptors (Lipinski definition) is 12. The summed E-state index contributed by atoms with van der Waals surface area (Å²) in [5.74, 6) is 0. The fourth-order valence-electron chi connectivity index (χ4n) is 0.173. The van der Waals surface area contributed by atoms with Gasteiger partial charge in [-0.05, 0) is 37.2 Å². The maximum atomic E-state index is 7.51. The molecule has 0 unspecified atom stereocenters. The van der Waals surface area contributed by atoms with Gasteiger partial charge in [0.15, 0.2) is 0 Å². The maximum Gasteiger partial charge on any atom is 3.00 e. The summed E-state index contributed by atoms with van der Waals surface area (Å²) in [6, 6.07) is 0. The van der Waals surface area contributed by atoms with Crippen molar-refractivity contribution in [2.75, 3.05) is 0 Å². The maximum absolute atomic E-state index is 7.51. The molecule has 0 saturated heterocycles. The largest absolute Gasteiger partial charge is 3.00 e. The van der Waals surface area contributed by atoms with Gasteiger partial charge >= 0.3 is 33.0 Å². The summed E-state index contributed by atoms with van der Waals surface area (Å²) in [5.41, 5.74) is 27.0. The molecular weight excluding hydrogens is 514 g/mol. The van der Waals surface area contributed by atoms with Crippen molar-refractivity contribution in [3.63, 3.8) is 0 Å². The van der Waals surface area contributed by atoms with Gasteiger partial charge in [-0.25, -0.2) is 0 Å². The molecule has 0 spiro atoms. The van der Waals surface area contributed by atoms with Gasteiger partial charge < -0.3 is 95.9 Å². The average molecular weight is 526 g/mol. The van der Waals surface area contributed by atoms with Crippen LogP contribution in [0.15, 0.2) is 30.0 Å². The third kappa shape index (κ3) is 307. The van der Waals surface area contributed by atoms with Crippen LogP contribution in [0.1, 0.15) is 0 Å². The van der Waals surface area contributed by atoms with Crippen LogP contribution in [0.4, 0.5) is 0 Å². The molecule has 0 fully saturated rings. The Kier molecular flexibility index (Phi) is 153. The summed E-state index contributed by atoms with van der Waals surface area (Å²) in [4.78, 5) is 16.8. The molecule has 18 nitrogen and oxygen atoms in total. The molecule has 170 valence electrons. The third-order valence-corrected chi connectivity index (χ3v) is 0.687. The van der Waals surface area contributed by atoms with E-state index in [1.807, 2.05) is 0 Å². The zero-order valence-electron chi connectivity index (χ0n) is 15.5. The molecule has 0 aliphatic rings. The quantitative estimate of drug-likeness (QED) is 0.0439. The van der Waals surface area contributed by atoms with Crippen LogP contribution in [-0.2, 0) is 33.0 Å². The summed E-state index contributed by atoms with van der Waals surface area (Å²) in [7, 11) is 0. The summed E-state index contributed by atoms with van der Waals surface area (Å²) >= 11 is 0. The van der Waals surface area contributed by atoms with Gasteiger partial charge in [-0.3, -0.25) is 0 Å². The van der Waals surface area contributed by atoms with E-state index in [9.17, 15) is 0 Å². The van der Waals surface area contributed by atoms with Crippen molar-refractivity contribution in [3.8, 4) is 37.2 Å². The predicted molar refractivity (Wildman–Crippen MR) is 103 cm³/mol. The fourth-order valence-corrected chi connectivity index (χ4v) is 0.173. The molecular formula is C12H12N18Ni2. The number of nitriles is 6. The topological polar surface area (TPSA) is 373 Å². The Morgan fingerprint density at radius 1 is 0.344 bits per heavy atom. The molecule has 0 amide bonds. The molecule has 0 aromatic carbocycles. The Morgan fingerprint density at radius 2 is 0.438 bits per heavy atom. The number of hydrogen-bond donors (Lipinski definition) is 6. The second-order valence-corrected chi connectivity index (χ2v) is 2.05. The SMILES string of the molecule is N#CN=[C-]N.N#CN=[C-]N.N#CN=[C-]N.N#CN=[C-]N.N#CN=[C-]N.N#CN=[C-]N.[Ni+3].[Ni+3]. The average Bonchev–Trinajstić information content (AvgIpc) is 2.74. The van der Waals surface area contributed by atoms with Crippen molar-refractivity contribution in [2.45, 2.75) is 0 Å². The monoisotopic (exact) mass is 524 g/mol. The van der Waals surface area contributed by atoms with Gasteiger partial charge in [-0.1, -0.05) is 38.0 Å². The van der Waals surface area contributed by atoms with Crippen molar-refractivity contribution in [3.05, 3.63) is 0 Å². The van der Waals surface area contributed by atoms with Gasteiger partial charge in [0.05, 0.1) is 0 Å². The van der Waals surface area contributed by atoms with Gasteiger partial charge in [-0.15, -0.1) is 0 Å². The minimum Gasteiger partial charge on any atom is -0.472 e. The Bertz CT molecular complexity index is 586. The van der Waals surface area contributed by atoms with Crippen LogP contribution in [0.2, 0.25) is 0 Å². The minimum absolute atomic E-state index is 0. The molecule has 0 rings (SSSR count). The van der Waals surface area contributed by atoms with Crippen LogP contribution >= 0.6 is 0 Å². The van der Waals surface area contributed by atoms with Crippen LogP contribution in [0.3, 0.4) is 0 Å². The Balaban J connectivity index is -0.0000000356. The third-order valence-electron chi connectivity index (χ3n) is 0.687. The number of rotatable bonds is 0. The molecule has 0 aliphatic heterocycles. The zero-order chi connectivity index (χ0) is 24.7. The first-order chi connectivity index (χ1) is 14.5. The minimum atomic E-state index is 0. The van der Waals surface area contributed by atoms with Crippen LogP contribution < -0.4 is 34.4 Å². The van der Waals surface area contributed by atoms with Crippen molar-refractivity contribution < 1.29 is 33.0 Å². The summed E-state index contributed by atoms with van der Waals surface area (Å²) in [5, 5.41) is 45.0. The van der Waals surface area contributed by atoms with Gasteiger partial charge in [0, 0.05) is 0 Å². The van der Waals surface area contributed by atoms with E-state index in [-0.39, 0.29) is 33.0 Å². The molecule has 0 bridgehead atoms. The van der Waals surface area contributed by atoms with Gasteiger partial charge in [0.25, 0.3) is 0 Å². The molecule has 0 heterocycles. The molecule has 2 radical (unpaired) electrons. The van der Waals surface area contributed by atoms with Crippen molar-refractivity contribution >= 4 is 38.0 Å². The standard InChI is InChI=1S/6C2H2N3.2Ni/c6*3-1-5-2-4;;/h6*(H2,3,5);;/q6*-1;2*+3. The van der Waals surface area contributed by atoms with Gasteiger partial charge in [0.1, 0.15) is 0 Å². The predicted octanol–water partition coefficient (Wildman–Crippen LogP) is -4.02. The van der Waals surface area contributed by atoms with E-state index in [1.54, 1.807) is 38.0 Å². The number of nitrogens with zero attached hydrogens (tertiary/aromatic N) is 12. The molecule has 0 aromatic heterocycles. The Morgan fingerprint density at radius 3 is 0.438 bits per heavy atom. The Hall–Kier alpha value is -5.25. The van der Waals surface area contributed by atoms with E-state index in [0.29, 0.717) is 0 Å². The normalized spacial score (nSPS) is 7.31. The summed E-state index contributed by atoms with van der Waals surface area (Å²) < 4.78 is 0. The summed E-state index contributed by atoms with van der Waals surface area (Å²) in [6.45, 7) is 0. The van der Waals surface area contributed by atoms with Crippen LogP contribution in [0, 0.1) is 68.7 Å². The molecule has 20 heteroatoms. The van der Waals surface area contributed by atoms with Crippen molar-refractivity contribution in [1.29, 1.82) is 31.6 Å². The van der Waals surface area contributed by atoms with Crippen LogP contribution in [-0.4, -0.2) is 38.0 Å². The smallest absolute Gasteiger partial charge is 0.472 e. The first kappa shape index (κ1) is 50.5. The van der Waals surface area contributed by atoms with E-state index < -0.39 is 0 Å². The van der Waals surface area contributed by atoms with Crippen molar-refractivity contribution in [2.24, 2.45) is 64.4 Å².